The fraction of sp³-hybridized carbons (Fsp3) is 0.263. The normalized spacial score (nSPS) is 9.96. The summed E-state index contributed by atoms with van der Waals surface area (Å²) in [7, 11) is 0. The van der Waals surface area contributed by atoms with Crippen molar-refractivity contribution in [2.75, 3.05) is 11.9 Å². The van der Waals surface area contributed by atoms with Crippen LogP contribution in [0, 0.1) is 18.3 Å². The van der Waals surface area contributed by atoms with Gasteiger partial charge in [-0.05, 0) is 42.2 Å². The second-order valence-corrected chi connectivity index (χ2v) is 5.28. The lowest BCUT2D eigenvalue weighted by molar-refractivity contribution is -0.118. The number of ether oxygens (including phenoxy) is 1. The molecule has 0 aliphatic carbocycles. The predicted molar refractivity (Wildman–Crippen MR) is 90.4 cm³/mol. The summed E-state index contributed by atoms with van der Waals surface area (Å²) in [5.74, 6) is 0.428. The topological polar surface area (TPSA) is 62.1 Å². The number of para-hydroxylation sites is 1. The van der Waals surface area contributed by atoms with E-state index in [-0.39, 0.29) is 12.5 Å². The van der Waals surface area contributed by atoms with Gasteiger partial charge >= 0.3 is 0 Å². The zero-order valence-electron chi connectivity index (χ0n) is 13.4. The molecule has 0 aliphatic rings. The van der Waals surface area contributed by atoms with Crippen molar-refractivity contribution in [1.29, 1.82) is 5.26 Å². The molecule has 0 atom stereocenters. The Labute approximate surface area is 136 Å². The van der Waals surface area contributed by atoms with E-state index in [4.69, 9.17) is 10.00 Å². The minimum Gasteiger partial charge on any atom is -0.484 e. The van der Waals surface area contributed by atoms with Gasteiger partial charge in [-0.2, -0.15) is 5.26 Å². The number of aryl methyl sites for hydroxylation is 2. The average Bonchev–Trinajstić information content (AvgIpc) is 2.56. The molecule has 0 heterocycles. The minimum atomic E-state index is -0.185. The Balaban J connectivity index is 1.94. The number of carbonyl (C=O) groups excluding carboxylic acids is 1. The van der Waals surface area contributed by atoms with Gasteiger partial charge in [0.1, 0.15) is 5.75 Å². The molecule has 0 spiro atoms. The number of nitriles is 1. The maximum atomic E-state index is 12.1. The molecule has 1 amide bonds. The van der Waals surface area contributed by atoms with Gasteiger partial charge in [-0.25, -0.2) is 0 Å². The number of amides is 1. The fourth-order valence-corrected chi connectivity index (χ4v) is 2.32. The van der Waals surface area contributed by atoms with Crippen LogP contribution in [0.4, 0.5) is 5.69 Å². The van der Waals surface area contributed by atoms with Crippen molar-refractivity contribution in [3.8, 4) is 11.8 Å². The number of rotatable bonds is 6. The second kappa shape index (κ2) is 8.00. The standard InChI is InChI=1S/C19H20N2O2/c1-3-16-6-4-5-14(2)19(16)21-18(22)13-23-17-9-7-15(8-10-17)11-12-20/h4-10H,3,11,13H2,1-2H3,(H,21,22). The molecule has 4 heteroatoms. The van der Waals surface area contributed by atoms with Crippen molar-refractivity contribution < 1.29 is 9.53 Å². The molecule has 0 saturated carbocycles. The molecule has 2 rings (SSSR count). The van der Waals surface area contributed by atoms with Crippen molar-refractivity contribution in [3.63, 3.8) is 0 Å². The van der Waals surface area contributed by atoms with Crippen LogP contribution in [0.1, 0.15) is 23.6 Å². The van der Waals surface area contributed by atoms with Crippen molar-refractivity contribution in [2.45, 2.75) is 26.7 Å². The fourth-order valence-electron chi connectivity index (χ4n) is 2.32. The maximum absolute atomic E-state index is 12.1. The van der Waals surface area contributed by atoms with Crippen molar-refractivity contribution >= 4 is 11.6 Å². The van der Waals surface area contributed by atoms with Crippen LogP contribution in [-0.4, -0.2) is 12.5 Å². The first-order valence-electron chi connectivity index (χ1n) is 7.61. The van der Waals surface area contributed by atoms with Gasteiger partial charge in [-0.3, -0.25) is 4.79 Å². The van der Waals surface area contributed by atoms with Crippen molar-refractivity contribution in [3.05, 3.63) is 59.2 Å². The third kappa shape index (κ3) is 4.58. The summed E-state index contributed by atoms with van der Waals surface area (Å²) in [6.45, 7) is 3.99. The molecule has 0 saturated heterocycles. The SMILES string of the molecule is CCc1cccc(C)c1NC(=O)COc1ccc(CC#N)cc1. The molecular formula is C19H20N2O2. The first-order valence-corrected chi connectivity index (χ1v) is 7.61. The highest BCUT2D eigenvalue weighted by molar-refractivity contribution is 5.93. The molecule has 0 bridgehead atoms. The third-order valence-corrected chi connectivity index (χ3v) is 3.58. The van der Waals surface area contributed by atoms with E-state index in [1.54, 1.807) is 12.1 Å². The first kappa shape index (κ1) is 16.6. The highest BCUT2D eigenvalue weighted by Gasteiger charge is 2.09. The second-order valence-electron chi connectivity index (χ2n) is 5.28. The summed E-state index contributed by atoms with van der Waals surface area (Å²) in [5.41, 5.74) is 3.95. The van der Waals surface area contributed by atoms with E-state index in [0.717, 1.165) is 28.8 Å². The molecule has 4 nitrogen and oxygen atoms in total. The lowest BCUT2D eigenvalue weighted by Gasteiger charge is -2.13. The lowest BCUT2D eigenvalue weighted by atomic mass is 10.1. The Morgan fingerprint density at radius 3 is 2.61 bits per heavy atom. The molecule has 0 fully saturated rings. The van der Waals surface area contributed by atoms with Crippen LogP contribution >= 0.6 is 0 Å². The first-order chi connectivity index (χ1) is 11.1. The van der Waals surface area contributed by atoms with Gasteiger partial charge in [0, 0.05) is 5.69 Å². The Hall–Kier alpha value is -2.80. The maximum Gasteiger partial charge on any atom is 0.262 e. The third-order valence-electron chi connectivity index (χ3n) is 3.58. The number of benzene rings is 2. The average molecular weight is 308 g/mol. The quantitative estimate of drug-likeness (QED) is 0.886. The van der Waals surface area contributed by atoms with Crippen LogP contribution in [-0.2, 0) is 17.6 Å². The van der Waals surface area contributed by atoms with Crippen LogP contribution in [0.25, 0.3) is 0 Å². The molecule has 1 N–H and O–H groups in total. The molecule has 0 radical (unpaired) electrons. The predicted octanol–water partition coefficient (Wildman–Crippen LogP) is 3.64. The summed E-state index contributed by atoms with van der Waals surface area (Å²) in [4.78, 5) is 12.1. The van der Waals surface area contributed by atoms with E-state index in [9.17, 15) is 4.79 Å². The molecule has 2 aromatic rings. The van der Waals surface area contributed by atoms with Crippen LogP contribution in [0.3, 0.4) is 0 Å². The largest absolute Gasteiger partial charge is 0.484 e. The van der Waals surface area contributed by atoms with E-state index in [2.05, 4.69) is 18.3 Å². The van der Waals surface area contributed by atoms with Gasteiger partial charge in [-0.15, -0.1) is 0 Å². The van der Waals surface area contributed by atoms with E-state index >= 15 is 0 Å². The van der Waals surface area contributed by atoms with Crippen molar-refractivity contribution in [2.24, 2.45) is 0 Å². The van der Waals surface area contributed by atoms with E-state index < -0.39 is 0 Å². The summed E-state index contributed by atoms with van der Waals surface area (Å²) < 4.78 is 5.49. The van der Waals surface area contributed by atoms with E-state index in [1.807, 2.05) is 37.3 Å². The van der Waals surface area contributed by atoms with Gasteiger partial charge in [-0.1, -0.05) is 37.3 Å². The monoisotopic (exact) mass is 308 g/mol. The molecule has 118 valence electrons. The van der Waals surface area contributed by atoms with Gasteiger partial charge in [0.15, 0.2) is 6.61 Å². The number of carbonyl (C=O) groups is 1. The molecule has 23 heavy (non-hydrogen) atoms. The zero-order chi connectivity index (χ0) is 16.7. The summed E-state index contributed by atoms with van der Waals surface area (Å²) in [5, 5.41) is 11.6. The number of anilines is 1. The van der Waals surface area contributed by atoms with Crippen LogP contribution in [0.15, 0.2) is 42.5 Å². The Morgan fingerprint density at radius 1 is 1.22 bits per heavy atom. The highest BCUT2D eigenvalue weighted by Crippen LogP contribution is 2.21. The molecule has 0 aliphatic heterocycles. The van der Waals surface area contributed by atoms with Crippen molar-refractivity contribution in [1.82, 2.24) is 0 Å². The summed E-state index contributed by atoms with van der Waals surface area (Å²) in [6.07, 6.45) is 1.23. The number of nitrogens with zero attached hydrogens (tertiary/aromatic N) is 1. The van der Waals surface area contributed by atoms with Crippen LogP contribution in [0.2, 0.25) is 0 Å². The van der Waals surface area contributed by atoms with Gasteiger partial charge in [0.25, 0.3) is 5.91 Å². The highest BCUT2D eigenvalue weighted by atomic mass is 16.5. The van der Waals surface area contributed by atoms with Gasteiger partial charge < -0.3 is 10.1 Å². The van der Waals surface area contributed by atoms with E-state index in [1.165, 1.54) is 0 Å². The Kier molecular flexibility index (Phi) is 5.76. The molecule has 2 aromatic carbocycles. The number of hydrogen-bond acceptors (Lipinski definition) is 3. The van der Waals surface area contributed by atoms with Crippen LogP contribution < -0.4 is 10.1 Å². The summed E-state index contributed by atoms with van der Waals surface area (Å²) >= 11 is 0. The lowest BCUT2D eigenvalue weighted by Crippen LogP contribution is -2.21. The number of nitrogens with one attached hydrogen (secondary N) is 1. The molecule has 0 aromatic heterocycles. The summed E-state index contributed by atoms with van der Waals surface area (Å²) in [6, 6.07) is 15.3. The molecule has 0 unspecified atom stereocenters. The number of hydrogen-bond donors (Lipinski definition) is 1. The van der Waals surface area contributed by atoms with E-state index in [0.29, 0.717) is 12.2 Å². The van der Waals surface area contributed by atoms with Gasteiger partial charge in [0.05, 0.1) is 12.5 Å². The zero-order valence-corrected chi connectivity index (χ0v) is 13.4. The Morgan fingerprint density at radius 2 is 1.96 bits per heavy atom. The Bertz CT molecular complexity index is 715. The smallest absolute Gasteiger partial charge is 0.262 e. The van der Waals surface area contributed by atoms with Crippen LogP contribution in [0.5, 0.6) is 5.75 Å². The molecular weight excluding hydrogens is 288 g/mol. The minimum absolute atomic E-state index is 0.0465. The van der Waals surface area contributed by atoms with Gasteiger partial charge in [0.2, 0.25) is 0 Å².